The Morgan fingerprint density at radius 1 is 1.25 bits per heavy atom. The van der Waals surface area contributed by atoms with Gasteiger partial charge >= 0.3 is 0 Å². The normalized spacial score (nSPS) is 12.8. The maximum atomic E-state index is 6.26. The molecule has 4 heteroatoms. The van der Waals surface area contributed by atoms with Gasteiger partial charge in [0.25, 0.3) is 0 Å². The first-order chi connectivity index (χ1) is 9.69. The van der Waals surface area contributed by atoms with Crippen molar-refractivity contribution in [1.82, 2.24) is 4.90 Å². The Kier molecular flexibility index (Phi) is 5.83. The second-order valence-electron chi connectivity index (χ2n) is 4.89. The van der Waals surface area contributed by atoms with Crippen molar-refractivity contribution in [1.29, 1.82) is 0 Å². The van der Waals surface area contributed by atoms with Gasteiger partial charge in [-0.1, -0.05) is 35.0 Å². The van der Waals surface area contributed by atoms with Crippen molar-refractivity contribution < 1.29 is 4.42 Å². The lowest BCUT2D eigenvalue weighted by molar-refractivity contribution is 0.246. The number of nitrogens with zero attached hydrogens (tertiary/aromatic N) is 1. The molecule has 0 saturated carbocycles. The molecule has 20 heavy (non-hydrogen) atoms. The molecule has 1 unspecified atom stereocenters. The molecule has 2 aromatic rings. The van der Waals surface area contributed by atoms with E-state index >= 15 is 0 Å². The Morgan fingerprint density at radius 3 is 2.60 bits per heavy atom. The van der Waals surface area contributed by atoms with Gasteiger partial charge in [0.15, 0.2) is 0 Å². The van der Waals surface area contributed by atoms with E-state index in [1.54, 1.807) is 6.26 Å². The maximum Gasteiger partial charge on any atom is 0.117 e. The van der Waals surface area contributed by atoms with Gasteiger partial charge in [-0.15, -0.1) is 0 Å². The lowest BCUT2D eigenvalue weighted by Crippen LogP contribution is -2.26. The fraction of sp³-hybridized carbons (Fsp3) is 0.375. The van der Waals surface area contributed by atoms with Gasteiger partial charge in [0, 0.05) is 17.1 Å². The van der Waals surface area contributed by atoms with Crippen molar-refractivity contribution in [2.75, 3.05) is 13.1 Å². The number of hydrogen-bond acceptors (Lipinski definition) is 3. The minimum absolute atomic E-state index is 0.0775. The Labute approximate surface area is 128 Å². The van der Waals surface area contributed by atoms with E-state index in [1.165, 1.54) is 5.56 Å². The van der Waals surface area contributed by atoms with Crippen LogP contribution in [0, 0.1) is 0 Å². The molecule has 0 amide bonds. The van der Waals surface area contributed by atoms with Crippen LogP contribution in [0.3, 0.4) is 0 Å². The molecule has 1 atom stereocenters. The average Bonchev–Trinajstić information content (AvgIpc) is 2.96. The summed E-state index contributed by atoms with van der Waals surface area (Å²) in [7, 11) is 0. The zero-order chi connectivity index (χ0) is 14.4. The lowest BCUT2D eigenvalue weighted by atomic mass is 10.0. The fourth-order valence-corrected chi connectivity index (χ4v) is 2.43. The van der Waals surface area contributed by atoms with Crippen LogP contribution in [-0.2, 0) is 6.54 Å². The SMILES string of the molecule is CCN(CCC(N)c1ccc(Br)cc1)Cc1ccco1. The van der Waals surface area contributed by atoms with E-state index < -0.39 is 0 Å². The van der Waals surface area contributed by atoms with E-state index in [0.29, 0.717) is 0 Å². The Balaban J connectivity index is 1.84. The van der Waals surface area contributed by atoms with Gasteiger partial charge in [-0.2, -0.15) is 0 Å². The Bertz CT molecular complexity index is 496. The van der Waals surface area contributed by atoms with Gasteiger partial charge in [0.1, 0.15) is 5.76 Å². The molecular weight excluding hydrogens is 316 g/mol. The first kappa shape index (κ1) is 15.3. The highest BCUT2D eigenvalue weighted by atomic mass is 79.9. The van der Waals surface area contributed by atoms with Crippen molar-refractivity contribution >= 4 is 15.9 Å². The highest BCUT2D eigenvalue weighted by Gasteiger charge is 2.10. The zero-order valence-corrected chi connectivity index (χ0v) is 13.3. The van der Waals surface area contributed by atoms with Crippen molar-refractivity contribution in [3.63, 3.8) is 0 Å². The standard InChI is InChI=1S/C16H21BrN2O/c1-2-19(12-15-4-3-11-20-15)10-9-16(18)13-5-7-14(17)8-6-13/h3-8,11,16H,2,9-10,12,18H2,1H3. The summed E-state index contributed by atoms with van der Waals surface area (Å²) in [6, 6.07) is 12.3. The van der Waals surface area contributed by atoms with Crippen LogP contribution in [0.2, 0.25) is 0 Å². The van der Waals surface area contributed by atoms with Crippen LogP contribution in [0.1, 0.15) is 30.7 Å². The molecule has 108 valence electrons. The summed E-state index contributed by atoms with van der Waals surface area (Å²) in [5, 5.41) is 0. The molecule has 2 N–H and O–H groups in total. The molecule has 0 spiro atoms. The number of halogens is 1. The molecule has 0 aliphatic rings. The van der Waals surface area contributed by atoms with Crippen LogP contribution < -0.4 is 5.73 Å². The summed E-state index contributed by atoms with van der Waals surface area (Å²) in [5.74, 6) is 1.00. The molecule has 1 aromatic heterocycles. The van der Waals surface area contributed by atoms with Crippen molar-refractivity contribution in [2.24, 2.45) is 5.73 Å². The summed E-state index contributed by atoms with van der Waals surface area (Å²) in [4.78, 5) is 2.34. The summed E-state index contributed by atoms with van der Waals surface area (Å²) in [6.07, 6.45) is 2.66. The second kappa shape index (κ2) is 7.62. The Hall–Kier alpha value is -1.10. The van der Waals surface area contributed by atoms with Gasteiger partial charge in [0.05, 0.1) is 12.8 Å². The molecule has 0 radical (unpaired) electrons. The van der Waals surface area contributed by atoms with E-state index in [0.717, 1.165) is 36.3 Å². The molecule has 0 aliphatic carbocycles. The van der Waals surface area contributed by atoms with Crippen LogP contribution in [0.5, 0.6) is 0 Å². The maximum absolute atomic E-state index is 6.26. The van der Waals surface area contributed by atoms with E-state index in [9.17, 15) is 0 Å². The quantitative estimate of drug-likeness (QED) is 0.832. The number of nitrogens with two attached hydrogens (primary N) is 1. The molecular formula is C16H21BrN2O. The van der Waals surface area contributed by atoms with Crippen LogP contribution in [0.15, 0.2) is 51.6 Å². The lowest BCUT2D eigenvalue weighted by Gasteiger charge is -2.21. The third-order valence-electron chi connectivity index (χ3n) is 3.46. The molecule has 1 heterocycles. The van der Waals surface area contributed by atoms with Crippen LogP contribution in [-0.4, -0.2) is 18.0 Å². The highest BCUT2D eigenvalue weighted by Crippen LogP contribution is 2.18. The van der Waals surface area contributed by atoms with E-state index in [-0.39, 0.29) is 6.04 Å². The van der Waals surface area contributed by atoms with Gasteiger partial charge in [-0.3, -0.25) is 4.90 Å². The third-order valence-corrected chi connectivity index (χ3v) is 3.99. The number of rotatable bonds is 7. The van der Waals surface area contributed by atoms with Crippen molar-refractivity contribution in [3.05, 3.63) is 58.5 Å². The Morgan fingerprint density at radius 2 is 2.00 bits per heavy atom. The minimum Gasteiger partial charge on any atom is -0.468 e. The average molecular weight is 337 g/mol. The van der Waals surface area contributed by atoms with E-state index in [2.05, 4.69) is 39.9 Å². The summed E-state index contributed by atoms with van der Waals surface area (Å²) in [5.41, 5.74) is 7.44. The van der Waals surface area contributed by atoms with E-state index in [4.69, 9.17) is 10.2 Å². The number of furan rings is 1. The van der Waals surface area contributed by atoms with Crippen LogP contribution in [0.25, 0.3) is 0 Å². The van der Waals surface area contributed by atoms with Crippen molar-refractivity contribution in [3.8, 4) is 0 Å². The smallest absolute Gasteiger partial charge is 0.117 e. The predicted molar refractivity (Wildman–Crippen MR) is 85.3 cm³/mol. The largest absolute Gasteiger partial charge is 0.468 e. The van der Waals surface area contributed by atoms with Crippen LogP contribution in [0.4, 0.5) is 0 Å². The predicted octanol–water partition coefficient (Wildman–Crippen LogP) is 3.95. The highest BCUT2D eigenvalue weighted by molar-refractivity contribution is 9.10. The summed E-state index contributed by atoms with van der Waals surface area (Å²) >= 11 is 3.44. The van der Waals surface area contributed by atoms with Crippen molar-refractivity contribution in [2.45, 2.75) is 25.9 Å². The second-order valence-corrected chi connectivity index (χ2v) is 5.81. The zero-order valence-electron chi connectivity index (χ0n) is 11.8. The van der Waals surface area contributed by atoms with Gasteiger partial charge in [0.2, 0.25) is 0 Å². The molecule has 0 bridgehead atoms. The molecule has 3 nitrogen and oxygen atoms in total. The van der Waals surface area contributed by atoms with Gasteiger partial charge in [-0.25, -0.2) is 0 Å². The summed E-state index contributed by atoms with van der Waals surface area (Å²) < 4.78 is 6.48. The molecule has 0 saturated heterocycles. The topological polar surface area (TPSA) is 42.4 Å². The first-order valence-corrected chi connectivity index (χ1v) is 7.74. The summed E-state index contributed by atoms with van der Waals surface area (Å²) in [6.45, 7) is 4.97. The van der Waals surface area contributed by atoms with E-state index in [1.807, 2.05) is 24.3 Å². The number of benzene rings is 1. The van der Waals surface area contributed by atoms with Crippen LogP contribution >= 0.6 is 15.9 Å². The molecule has 2 rings (SSSR count). The molecule has 1 aromatic carbocycles. The molecule has 0 fully saturated rings. The molecule has 0 aliphatic heterocycles. The number of hydrogen-bond donors (Lipinski definition) is 1. The fourth-order valence-electron chi connectivity index (χ4n) is 2.17. The minimum atomic E-state index is 0.0775. The third kappa shape index (κ3) is 4.47. The van der Waals surface area contributed by atoms with Gasteiger partial charge < -0.3 is 10.2 Å². The van der Waals surface area contributed by atoms with Gasteiger partial charge in [-0.05, 0) is 42.8 Å². The monoisotopic (exact) mass is 336 g/mol. The first-order valence-electron chi connectivity index (χ1n) is 6.95.